The molecule has 0 radical (unpaired) electrons. The first kappa shape index (κ1) is 11.0. The van der Waals surface area contributed by atoms with Crippen LogP contribution in [0.4, 0.5) is 0 Å². The average Bonchev–Trinajstić information content (AvgIpc) is 2.98. The third-order valence-corrected chi connectivity index (χ3v) is 5.96. The topological polar surface area (TPSA) is 26.0 Å². The second kappa shape index (κ2) is 3.84. The molecule has 0 aromatic rings. The Morgan fingerprint density at radius 3 is 2.67 bits per heavy atom. The summed E-state index contributed by atoms with van der Waals surface area (Å²) in [6.45, 7) is 0. The van der Waals surface area contributed by atoms with Crippen molar-refractivity contribution in [1.82, 2.24) is 0 Å². The van der Waals surface area contributed by atoms with Crippen LogP contribution in [-0.4, -0.2) is 6.04 Å². The lowest BCUT2D eigenvalue weighted by Crippen LogP contribution is -2.29. The third-order valence-electron chi connectivity index (χ3n) is 5.96. The number of hydrogen-bond donors (Lipinski definition) is 1. The molecule has 0 bridgehead atoms. The van der Waals surface area contributed by atoms with E-state index in [0.717, 1.165) is 17.8 Å². The van der Waals surface area contributed by atoms with Crippen LogP contribution in [0.3, 0.4) is 0 Å². The lowest BCUT2D eigenvalue weighted by atomic mass is 9.70. The highest BCUT2D eigenvalue weighted by atomic mass is 14.7. The van der Waals surface area contributed by atoms with Gasteiger partial charge in [0.25, 0.3) is 0 Å². The Hall–Kier alpha value is -0.820. The van der Waals surface area contributed by atoms with Gasteiger partial charge in [-0.05, 0) is 48.9 Å². The van der Waals surface area contributed by atoms with Crippen LogP contribution in [0.2, 0.25) is 0 Å². The molecule has 0 saturated heterocycles. The Balaban J connectivity index is 1.84. The van der Waals surface area contributed by atoms with E-state index in [1.165, 1.54) is 38.5 Å². The summed E-state index contributed by atoms with van der Waals surface area (Å²) in [5.74, 6) is 2.34. The lowest BCUT2D eigenvalue weighted by Gasteiger charge is -2.34. The molecule has 0 heterocycles. The van der Waals surface area contributed by atoms with Gasteiger partial charge in [0.15, 0.2) is 0 Å². The van der Waals surface area contributed by atoms with E-state index < -0.39 is 0 Å². The van der Waals surface area contributed by atoms with Gasteiger partial charge in [-0.3, -0.25) is 0 Å². The molecule has 1 spiro atoms. The van der Waals surface area contributed by atoms with E-state index in [-0.39, 0.29) is 0 Å². The molecule has 18 heavy (non-hydrogen) atoms. The van der Waals surface area contributed by atoms with Crippen LogP contribution in [0.15, 0.2) is 36.0 Å². The molecule has 0 aromatic heterocycles. The summed E-state index contributed by atoms with van der Waals surface area (Å²) in [5.41, 5.74) is 8.47. The van der Waals surface area contributed by atoms with Crippen molar-refractivity contribution in [3.8, 4) is 0 Å². The zero-order valence-electron chi connectivity index (χ0n) is 11.0. The zero-order valence-corrected chi connectivity index (χ0v) is 11.0. The van der Waals surface area contributed by atoms with Gasteiger partial charge in [0.2, 0.25) is 0 Å². The van der Waals surface area contributed by atoms with Gasteiger partial charge in [-0.15, -0.1) is 0 Å². The molecule has 4 aliphatic rings. The van der Waals surface area contributed by atoms with Crippen LogP contribution in [0, 0.1) is 23.2 Å². The minimum atomic E-state index is 0.321. The minimum absolute atomic E-state index is 0.321. The largest absolute Gasteiger partial charge is 0.324 e. The monoisotopic (exact) mass is 241 g/mol. The fourth-order valence-electron chi connectivity index (χ4n) is 5.28. The van der Waals surface area contributed by atoms with Gasteiger partial charge in [-0.2, -0.15) is 0 Å². The maximum absolute atomic E-state index is 6.22. The van der Waals surface area contributed by atoms with Crippen LogP contribution in [-0.2, 0) is 0 Å². The van der Waals surface area contributed by atoms with Gasteiger partial charge >= 0.3 is 0 Å². The minimum Gasteiger partial charge on any atom is -0.324 e. The number of nitrogens with two attached hydrogens (primary N) is 1. The Morgan fingerprint density at radius 1 is 1.06 bits per heavy atom. The van der Waals surface area contributed by atoms with Crippen LogP contribution in [0.5, 0.6) is 0 Å². The predicted octanol–water partition coefficient (Wildman–Crippen LogP) is 3.58. The van der Waals surface area contributed by atoms with Crippen molar-refractivity contribution >= 4 is 0 Å². The SMILES string of the molecule is N[C@H]1C=C2C(CC1)C1C=CC=CC1C21CCCC1. The molecule has 0 aromatic carbocycles. The molecule has 1 heteroatoms. The van der Waals surface area contributed by atoms with Gasteiger partial charge in [-0.1, -0.05) is 48.8 Å². The lowest BCUT2D eigenvalue weighted by molar-refractivity contribution is 0.272. The van der Waals surface area contributed by atoms with E-state index in [0.29, 0.717) is 11.5 Å². The van der Waals surface area contributed by atoms with Crippen molar-refractivity contribution in [2.24, 2.45) is 28.9 Å². The summed E-state index contributed by atoms with van der Waals surface area (Å²) < 4.78 is 0. The van der Waals surface area contributed by atoms with Crippen molar-refractivity contribution in [3.63, 3.8) is 0 Å². The van der Waals surface area contributed by atoms with Crippen LogP contribution in [0.25, 0.3) is 0 Å². The second-order valence-corrected chi connectivity index (χ2v) is 6.71. The fraction of sp³-hybridized carbons (Fsp3) is 0.647. The van der Waals surface area contributed by atoms with Crippen LogP contribution in [0.1, 0.15) is 38.5 Å². The van der Waals surface area contributed by atoms with Gasteiger partial charge in [-0.25, -0.2) is 0 Å². The van der Waals surface area contributed by atoms with E-state index in [4.69, 9.17) is 5.73 Å². The first-order valence-corrected chi connectivity index (χ1v) is 7.64. The van der Waals surface area contributed by atoms with Crippen LogP contribution >= 0.6 is 0 Å². The molecule has 4 atom stereocenters. The molecular weight excluding hydrogens is 218 g/mol. The highest BCUT2D eigenvalue weighted by Crippen LogP contribution is 2.65. The van der Waals surface area contributed by atoms with Crippen LogP contribution < -0.4 is 5.73 Å². The zero-order chi connectivity index (χ0) is 12.2. The Kier molecular flexibility index (Phi) is 2.35. The number of allylic oxidation sites excluding steroid dienone is 5. The van der Waals surface area contributed by atoms with E-state index in [2.05, 4.69) is 30.4 Å². The smallest absolute Gasteiger partial charge is 0.0226 e. The second-order valence-electron chi connectivity index (χ2n) is 6.71. The number of hydrogen-bond acceptors (Lipinski definition) is 1. The Morgan fingerprint density at radius 2 is 1.83 bits per heavy atom. The summed E-state index contributed by atoms with van der Waals surface area (Å²) in [7, 11) is 0. The fourth-order valence-corrected chi connectivity index (χ4v) is 5.28. The molecule has 2 N–H and O–H groups in total. The van der Waals surface area contributed by atoms with Crippen molar-refractivity contribution in [2.75, 3.05) is 0 Å². The standard InChI is InChI=1S/C17H23N/c18-12-7-8-14-13-5-1-2-6-15(13)17(16(14)11-12)9-3-4-10-17/h1-2,5-6,11-15H,3-4,7-10,18H2/t12-,13?,14?,15?/m1/s1. The van der Waals surface area contributed by atoms with Gasteiger partial charge < -0.3 is 5.73 Å². The van der Waals surface area contributed by atoms with Gasteiger partial charge in [0.1, 0.15) is 0 Å². The molecule has 96 valence electrons. The molecule has 1 nitrogen and oxygen atoms in total. The average molecular weight is 241 g/mol. The van der Waals surface area contributed by atoms with Gasteiger partial charge in [0, 0.05) is 6.04 Å². The van der Waals surface area contributed by atoms with E-state index in [1.807, 2.05) is 0 Å². The molecule has 4 aliphatic carbocycles. The van der Waals surface area contributed by atoms with E-state index in [1.54, 1.807) is 5.57 Å². The normalized spacial score (nSPS) is 43.9. The maximum Gasteiger partial charge on any atom is 0.0226 e. The summed E-state index contributed by atoms with van der Waals surface area (Å²) in [6, 6.07) is 0.321. The first-order chi connectivity index (χ1) is 8.81. The third kappa shape index (κ3) is 1.31. The van der Waals surface area contributed by atoms with E-state index in [9.17, 15) is 0 Å². The summed E-state index contributed by atoms with van der Waals surface area (Å²) in [4.78, 5) is 0. The molecular formula is C17H23N. The van der Waals surface area contributed by atoms with E-state index >= 15 is 0 Å². The molecule has 0 amide bonds. The Bertz CT molecular complexity index is 437. The molecule has 2 fully saturated rings. The molecule has 0 aliphatic heterocycles. The van der Waals surface area contributed by atoms with Crippen molar-refractivity contribution in [2.45, 2.75) is 44.6 Å². The van der Waals surface area contributed by atoms with Crippen molar-refractivity contribution in [1.29, 1.82) is 0 Å². The highest BCUT2D eigenvalue weighted by Gasteiger charge is 2.56. The first-order valence-electron chi connectivity index (χ1n) is 7.64. The van der Waals surface area contributed by atoms with Gasteiger partial charge in [0.05, 0.1) is 0 Å². The quantitative estimate of drug-likeness (QED) is 0.644. The maximum atomic E-state index is 6.22. The van der Waals surface area contributed by atoms with Crippen molar-refractivity contribution < 1.29 is 0 Å². The highest BCUT2D eigenvalue weighted by molar-refractivity contribution is 5.38. The molecule has 4 rings (SSSR count). The number of fused-ring (bicyclic) bond motifs is 5. The Labute approximate surface area is 110 Å². The molecule has 3 unspecified atom stereocenters. The predicted molar refractivity (Wildman–Crippen MR) is 74.9 cm³/mol. The van der Waals surface area contributed by atoms with Crippen molar-refractivity contribution in [3.05, 3.63) is 36.0 Å². The molecule has 2 saturated carbocycles. The summed E-state index contributed by atoms with van der Waals surface area (Å²) >= 11 is 0. The summed E-state index contributed by atoms with van der Waals surface area (Å²) in [6.07, 6.45) is 20.1. The number of rotatable bonds is 0. The summed E-state index contributed by atoms with van der Waals surface area (Å²) in [5, 5.41) is 0.